The molecule has 1 atom stereocenters. The summed E-state index contributed by atoms with van der Waals surface area (Å²) in [6.07, 6.45) is 0.765. The van der Waals surface area contributed by atoms with Gasteiger partial charge >= 0.3 is 0 Å². The SMILES string of the molecule is Cc1cc(N2N=C(c3ccccc3)C[C@@H]2c2ccc(Br)cc2)nc(-c2ccccc2O)n1. The van der Waals surface area contributed by atoms with Gasteiger partial charge in [0.1, 0.15) is 5.75 Å². The summed E-state index contributed by atoms with van der Waals surface area (Å²) < 4.78 is 1.04. The molecule has 0 aliphatic carbocycles. The molecule has 4 aromatic rings. The number of phenols is 1. The fraction of sp³-hybridized carbons (Fsp3) is 0.115. The number of phenolic OH excluding ortho intramolecular Hbond substituents is 1. The lowest BCUT2D eigenvalue weighted by Gasteiger charge is -2.23. The number of halogens is 1. The van der Waals surface area contributed by atoms with Crippen LogP contribution >= 0.6 is 15.9 Å². The van der Waals surface area contributed by atoms with Crippen LogP contribution in [0.1, 0.15) is 29.3 Å². The van der Waals surface area contributed by atoms with Crippen LogP contribution in [-0.4, -0.2) is 20.8 Å². The van der Waals surface area contributed by atoms with E-state index in [1.165, 1.54) is 0 Å². The summed E-state index contributed by atoms with van der Waals surface area (Å²) in [5.74, 6) is 1.34. The molecule has 3 aromatic carbocycles. The standard InChI is InChI=1S/C26H21BrN4O/c1-17-15-25(29-26(28-17)21-9-5-6-10-24(21)32)31-23(19-11-13-20(27)14-12-19)16-22(30-31)18-7-3-2-4-8-18/h2-15,23,32H,16H2,1H3/t23-/m1/s1. The molecule has 1 aliphatic heterocycles. The molecule has 0 saturated heterocycles. The summed E-state index contributed by atoms with van der Waals surface area (Å²) in [6.45, 7) is 1.93. The Morgan fingerprint density at radius 3 is 2.38 bits per heavy atom. The van der Waals surface area contributed by atoms with Gasteiger partial charge in [-0.2, -0.15) is 5.10 Å². The second kappa shape index (κ2) is 8.55. The van der Waals surface area contributed by atoms with Crippen LogP contribution < -0.4 is 5.01 Å². The lowest BCUT2D eigenvalue weighted by atomic mass is 9.98. The molecular formula is C26H21BrN4O. The van der Waals surface area contributed by atoms with Crippen LogP contribution in [0.15, 0.2) is 94.5 Å². The highest BCUT2D eigenvalue weighted by Gasteiger charge is 2.31. The topological polar surface area (TPSA) is 61.6 Å². The molecule has 158 valence electrons. The third-order valence-electron chi connectivity index (χ3n) is 5.49. The smallest absolute Gasteiger partial charge is 0.165 e. The van der Waals surface area contributed by atoms with Crippen molar-refractivity contribution in [3.8, 4) is 17.1 Å². The fourth-order valence-corrected chi connectivity index (χ4v) is 4.19. The Kier molecular flexibility index (Phi) is 5.45. The summed E-state index contributed by atoms with van der Waals surface area (Å²) in [5.41, 5.74) is 4.68. The van der Waals surface area contributed by atoms with E-state index in [1.54, 1.807) is 12.1 Å². The predicted octanol–water partition coefficient (Wildman–Crippen LogP) is 6.28. The lowest BCUT2D eigenvalue weighted by molar-refractivity contribution is 0.477. The first kappa shape index (κ1) is 20.4. The minimum atomic E-state index is 0.00447. The van der Waals surface area contributed by atoms with E-state index in [1.807, 2.05) is 60.5 Å². The quantitative estimate of drug-likeness (QED) is 0.370. The highest BCUT2D eigenvalue weighted by molar-refractivity contribution is 9.10. The van der Waals surface area contributed by atoms with E-state index in [4.69, 9.17) is 10.1 Å². The van der Waals surface area contributed by atoms with Crippen molar-refractivity contribution >= 4 is 27.5 Å². The van der Waals surface area contributed by atoms with Gasteiger partial charge in [-0.15, -0.1) is 0 Å². The van der Waals surface area contributed by atoms with E-state index in [-0.39, 0.29) is 11.8 Å². The van der Waals surface area contributed by atoms with Crippen LogP contribution in [0.2, 0.25) is 0 Å². The highest BCUT2D eigenvalue weighted by atomic mass is 79.9. The Bertz CT molecular complexity index is 1290. The van der Waals surface area contributed by atoms with Gasteiger partial charge in [0.15, 0.2) is 11.6 Å². The minimum absolute atomic E-state index is 0.00447. The molecule has 32 heavy (non-hydrogen) atoms. The molecule has 5 nitrogen and oxygen atoms in total. The van der Waals surface area contributed by atoms with Gasteiger partial charge in [-0.25, -0.2) is 15.0 Å². The third kappa shape index (κ3) is 4.01. The van der Waals surface area contributed by atoms with Gasteiger partial charge in [-0.05, 0) is 42.3 Å². The lowest BCUT2D eigenvalue weighted by Crippen LogP contribution is -2.20. The number of anilines is 1. The predicted molar refractivity (Wildman–Crippen MR) is 131 cm³/mol. The molecule has 0 saturated carbocycles. The first-order valence-electron chi connectivity index (χ1n) is 10.4. The number of benzene rings is 3. The Balaban J connectivity index is 1.62. The van der Waals surface area contributed by atoms with E-state index in [0.29, 0.717) is 17.2 Å². The number of hydrogen-bond donors (Lipinski definition) is 1. The van der Waals surface area contributed by atoms with E-state index < -0.39 is 0 Å². The van der Waals surface area contributed by atoms with Gasteiger partial charge in [0.25, 0.3) is 0 Å². The number of aromatic nitrogens is 2. The molecule has 0 amide bonds. The first-order valence-corrected chi connectivity index (χ1v) is 11.2. The van der Waals surface area contributed by atoms with Crippen LogP contribution in [0.3, 0.4) is 0 Å². The highest BCUT2D eigenvalue weighted by Crippen LogP contribution is 2.37. The molecule has 1 aliphatic rings. The minimum Gasteiger partial charge on any atom is -0.507 e. The van der Waals surface area contributed by atoms with Gasteiger partial charge in [0.05, 0.1) is 17.3 Å². The van der Waals surface area contributed by atoms with Gasteiger partial charge < -0.3 is 5.11 Å². The van der Waals surface area contributed by atoms with Crippen molar-refractivity contribution in [2.24, 2.45) is 5.10 Å². The maximum Gasteiger partial charge on any atom is 0.165 e. The molecule has 0 bridgehead atoms. The fourth-order valence-electron chi connectivity index (χ4n) is 3.92. The van der Waals surface area contributed by atoms with Gasteiger partial charge in [-0.1, -0.05) is 70.5 Å². The van der Waals surface area contributed by atoms with Crippen LogP contribution in [0, 0.1) is 6.92 Å². The van der Waals surface area contributed by atoms with Crippen molar-refractivity contribution in [1.29, 1.82) is 0 Å². The van der Waals surface area contributed by atoms with Crippen molar-refractivity contribution in [2.45, 2.75) is 19.4 Å². The molecule has 0 fully saturated rings. The molecule has 1 N–H and O–H groups in total. The van der Waals surface area contributed by atoms with E-state index in [9.17, 15) is 5.11 Å². The second-order valence-electron chi connectivity index (χ2n) is 7.74. The number of aryl methyl sites for hydroxylation is 1. The normalized spacial score (nSPS) is 15.6. The summed E-state index contributed by atoms with van der Waals surface area (Å²) in [5, 5.41) is 17.3. The van der Waals surface area contributed by atoms with Gasteiger partial charge in [-0.3, -0.25) is 0 Å². The van der Waals surface area contributed by atoms with Crippen molar-refractivity contribution in [2.75, 3.05) is 5.01 Å². The summed E-state index contributed by atoms with van der Waals surface area (Å²) in [4.78, 5) is 9.38. The van der Waals surface area contributed by atoms with Crippen LogP contribution in [0.25, 0.3) is 11.4 Å². The van der Waals surface area contributed by atoms with Crippen molar-refractivity contribution < 1.29 is 5.11 Å². The van der Waals surface area contributed by atoms with Gasteiger partial charge in [0, 0.05) is 22.7 Å². The zero-order valence-corrected chi connectivity index (χ0v) is 19.1. The van der Waals surface area contributed by atoms with Crippen molar-refractivity contribution in [3.63, 3.8) is 0 Å². The van der Waals surface area contributed by atoms with E-state index in [0.717, 1.165) is 33.4 Å². The molecule has 6 heteroatoms. The number of rotatable bonds is 4. The maximum atomic E-state index is 10.3. The van der Waals surface area contributed by atoms with Crippen LogP contribution in [0.4, 0.5) is 5.82 Å². The largest absolute Gasteiger partial charge is 0.507 e. The van der Waals surface area contributed by atoms with E-state index in [2.05, 4.69) is 45.2 Å². The molecular weight excluding hydrogens is 464 g/mol. The summed E-state index contributed by atoms with van der Waals surface area (Å²) in [7, 11) is 0. The third-order valence-corrected chi connectivity index (χ3v) is 6.02. The van der Waals surface area contributed by atoms with Crippen LogP contribution in [0.5, 0.6) is 5.75 Å². The number of aromatic hydroxyl groups is 1. The van der Waals surface area contributed by atoms with Crippen molar-refractivity contribution in [3.05, 3.63) is 106 Å². The van der Waals surface area contributed by atoms with Crippen molar-refractivity contribution in [1.82, 2.24) is 9.97 Å². The molecule has 5 rings (SSSR count). The number of nitrogens with zero attached hydrogens (tertiary/aromatic N) is 4. The number of para-hydroxylation sites is 1. The Labute approximate surface area is 195 Å². The number of hydrazone groups is 1. The van der Waals surface area contributed by atoms with E-state index >= 15 is 0 Å². The molecule has 0 spiro atoms. The Morgan fingerprint density at radius 1 is 0.906 bits per heavy atom. The van der Waals surface area contributed by atoms with Gasteiger partial charge in [0.2, 0.25) is 0 Å². The monoisotopic (exact) mass is 484 g/mol. The molecule has 2 heterocycles. The number of hydrogen-bond acceptors (Lipinski definition) is 5. The molecule has 0 unspecified atom stereocenters. The summed E-state index contributed by atoms with van der Waals surface area (Å²) in [6, 6.07) is 27.6. The average molecular weight is 485 g/mol. The second-order valence-corrected chi connectivity index (χ2v) is 8.65. The molecule has 1 aromatic heterocycles. The zero-order valence-electron chi connectivity index (χ0n) is 17.5. The summed E-state index contributed by atoms with van der Waals surface area (Å²) >= 11 is 3.53. The van der Waals surface area contributed by atoms with Crippen LogP contribution in [-0.2, 0) is 0 Å². The Hall–Kier alpha value is -3.51. The zero-order chi connectivity index (χ0) is 22.1. The Morgan fingerprint density at radius 2 is 1.62 bits per heavy atom. The average Bonchev–Trinajstić information content (AvgIpc) is 3.26. The maximum absolute atomic E-state index is 10.3. The molecule has 0 radical (unpaired) electrons. The first-order chi connectivity index (χ1) is 15.6.